The molecule has 0 aromatic heterocycles. The zero-order chi connectivity index (χ0) is 17.6. The first kappa shape index (κ1) is 19.2. The highest BCUT2D eigenvalue weighted by atomic mass is 79.9. The molecule has 0 amide bonds. The molecular weight excluding hydrogens is 379 g/mol. The molecule has 8 heteroatoms. The van der Waals surface area contributed by atoms with Gasteiger partial charge in [-0.15, -0.1) is 0 Å². The van der Waals surface area contributed by atoms with Gasteiger partial charge in [0, 0.05) is 29.7 Å². The minimum atomic E-state index is -1.39. The van der Waals surface area contributed by atoms with Crippen molar-refractivity contribution in [1.82, 2.24) is 0 Å². The van der Waals surface area contributed by atoms with E-state index in [1.165, 1.54) is 0 Å². The molecule has 1 N–H and O–H groups in total. The predicted octanol–water partition coefficient (Wildman–Crippen LogP) is 3.71. The molecule has 0 fully saturated rings. The molecule has 0 saturated carbocycles. The van der Waals surface area contributed by atoms with Gasteiger partial charge in [0.2, 0.25) is 0 Å². The van der Waals surface area contributed by atoms with Crippen LogP contribution in [-0.2, 0) is 9.53 Å². The summed E-state index contributed by atoms with van der Waals surface area (Å²) in [6.45, 7) is 2.94. The Bertz CT molecular complexity index is 660. The van der Waals surface area contributed by atoms with Crippen LogP contribution in [-0.4, -0.2) is 35.8 Å². The number of alkyl halides is 1. The molecule has 0 aliphatic carbocycles. The standard InChI is InChI=1S/C15H15BrF3NO3/c1-3-23-15(22)9(7-20-5-4-16)14(21)12-8(2)13(19)11(18)6-10(12)17/h6-7,21H,3-5H2,1-2H3. The smallest absolute Gasteiger partial charge is 0.343 e. The summed E-state index contributed by atoms with van der Waals surface area (Å²) in [6, 6.07) is 0.298. The number of aliphatic imine (C=N–C) groups is 1. The van der Waals surface area contributed by atoms with E-state index in [4.69, 9.17) is 4.74 Å². The van der Waals surface area contributed by atoms with E-state index in [1.807, 2.05) is 0 Å². The van der Waals surface area contributed by atoms with Crippen LogP contribution in [0, 0.1) is 24.4 Å². The molecule has 0 bridgehead atoms. The number of ether oxygens (including phenoxy) is 1. The van der Waals surface area contributed by atoms with Crippen molar-refractivity contribution in [1.29, 1.82) is 0 Å². The molecule has 0 saturated heterocycles. The lowest BCUT2D eigenvalue weighted by atomic mass is 10.0. The van der Waals surface area contributed by atoms with E-state index in [0.717, 1.165) is 13.1 Å². The van der Waals surface area contributed by atoms with E-state index >= 15 is 0 Å². The van der Waals surface area contributed by atoms with E-state index in [1.54, 1.807) is 6.92 Å². The molecule has 1 rings (SSSR count). The second kappa shape index (κ2) is 8.71. The average Bonchev–Trinajstić information content (AvgIpc) is 2.49. The average molecular weight is 394 g/mol. The Hall–Kier alpha value is -1.83. The maximum absolute atomic E-state index is 13.9. The molecule has 0 aliphatic rings. The molecule has 126 valence electrons. The number of carbonyl (C=O) groups excluding carboxylic acids is 1. The van der Waals surface area contributed by atoms with E-state index in [2.05, 4.69) is 20.9 Å². The monoisotopic (exact) mass is 393 g/mol. The van der Waals surface area contributed by atoms with Gasteiger partial charge >= 0.3 is 5.97 Å². The number of rotatable bonds is 6. The molecule has 1 aromatic carbocycles. The van der Waals surface area contributed by atoms with Crippen LogP contribution in [0.15, 0.2) is 16.6 Å². The highest BCUT2D eigenvalue weighted by Gasteiger charge is 2.23. The first-order valence-electron chi connectivity index (χ1n) is 6.65. The number of nitrogens with zero attached hydrogens (tertiary/aromatic N) is 1. The van der Waals surface area contributed by atoms with Gasteiger partial charge in [-0.1, -0.05) is 15.9 Å². The Balaban J connectivity index is 3.52. The third-order valence-corrected chi connectivity index (χ3v) is 3.18. The number of esters is 1. The number of aliphatic hydroxyl groups is 1. The quantitative estimate of drug-likeness (QED) is 0.200. The van der Waals surface area contributed by atoms with Crippen molar-refractivity contribution in [3.63, 3.8) is 0 Å². The second-order valence-electron chi connectivity index (χ2n) is 4.36. The van der Waals surface area contributed by atoms with Crippen LogP contribution in [0.25, 0.3) is 5.76 Å². The minimum Gasteiger partial charge on any atom is -0.506 e. The normalized spacial score (nSPS) is 12.4. The minimum absolute atomic E-state index is 0.0150. The fourth-order valence-corrected chi connectivity index (χ4v) is 1.97. The number of hydrogen-bond acceptors (Lipinski definition) is 4. The summed E-state index contributed by atoms with van der Waals surface area (Å²) >= 11 is 3.13. The number of benzene rings is 1. The SMILES string of the molecule is CCOC(=O)C(C=NCCBr)=C(O)c1c(F)cc(F)c(F)c1C. The number of carbonyl (C=O) groups is 1. The lowest BCUT2D eigenvalue weighted by Gasteiger charge is -2.11. The summed E-state index contributed by atoms with van der Waals surface area (Å²) in [4.78, 5) is 15.8. The number of aliphatic hydroxyl groups excluding tert-OH is 1. The third kappa shape index (κ3) is 4.57. The Morgan fingerprint density at radius 3 is 2.61 bits per heavy atom. The van der Waals surface area contributed by atoms with E-state index in [-0.39, 0.29) is 13.2 Å². The Kier molecular flexibility index (Phi) is 7.28. The predicted molar refractivity (Wildman–Crippen MR) is 84.4 cm³/mol. The van der Waals surface area contributed by atoms with E-state index < -0.39 is 45.9 Å². The molecule has 0 heterocycles. The van der Waals surface area contributed by atoms with Gasteiger partial charge in [0.05, 0.1) is 12.2 Å². The van der Waals surface area contributed by atoms with Gasteiger partial charge in [0.15, 0.2) is 11.6 Å². The number of halogens is 4. The van der Waals surface area contributed by atoms with Crippen molar-refractivity contribution in [2.24, 2.45) is 4.99 Å². The second-order valence-corrected chi connectivity index (χ2v) is 5.15. The fourth-order valence-electron chi connectivity index (χ4n) is 1.76. The zero-order valence-electron chi connectivity index (χ0n) is 12.5. The van der Waals surface area contributed by atoms with Crippen LogP contribution < -0.4 is 0 Å². The highest BCUT2D eigenvalue weighted by molar-refractivity contribution is 9.09. The summed E-state index contributed by atoms with van der Waals surface area (Å²) in [5.74, 6) is -5.71. The lowest BCUT2D eigenvalue weighted by Crippen LogP contribution is -2.13. The van der Waals surface area contributed by atoms with Gasteiger partial charge < -0.3 is 9.84 Å². The van der Waals surface area contributed by atoms with Gasteiger partial charge in [-0.05, 0) is 13.8 Å². The summed E-state index contributed by atoms with van der Waals surface area (Å²) in [5.41, 5.74) is -1.52. The molecule has 4 nitrogen and oxygen atoms in total. The van der Waals surface area contributed by atoms with Gasteiger partial charge in [0.1, 0.15) is 17.1 Å². The maximum Gasteiger partial charge on any atom is 0.343 e. The van der Waals surface area contributed by atoms with Crippen molar-refractivity contribution in [2.75, 3.05) is 18.5 Å². The first-order chi connectivity index (χ1) is 10.8. The molecular formula is C15H15BrF3NO3. The highest BCUT2D eigenvalue weighted by Crippen LogP contribution is 2.27. The Morgan fingerprint density at radius 1 is 1.39 bits per heavy atom. The van der Waals surface area contributed by atoms with Crippen LogP contribution in [0.1, 0.15) is 18.1 Å². The van der Waals surface area contributed by atoms with E-state index in [0.29, 0.717) is 11.4 Å². The Morgan fingerprint density at radius 2 is 2.04 bits per heavy atom. The molecule has 1 aromatic rings. The molecule has 0 spiro atoms. The van der Waals surface area contributed by atoms with Crippen LogP contribution in [0.4, 0.5) is 13.2 Å². The molecule has 0 unspecified atom stereocenters. The van der Waals surface area contributed by atoms with Crippen LogP contribution in [0.5, 0.6) is 0 Å². The third-order valence-electron chi connectivity index (χ3n) is 2.83. The van der Waals surface area contributed by atoms with Crippen molar-refractivity contribution in [3.05, 3.63) is 40.2 Å². The van der Waals surface area contributed by atoms with Crippen molar-refractivity contribution in [2.45, 2.75) is 13.8 Å². The van der Waals surface area contributed by atoms with Crippen molar-refractivity contribution >= 4 is 33.9 Å². The maximum atomic E-state index is 13.9. The summed E-state index contributed by atoms with van der Waals surface area (Å²) in [6.07, 6.45) is 1.01. The van der Waals surface area contributed by atoms with Crippen molar-refractivity contribution in [3.8, 4) is 0 Å². The van der Waals surface area contributed by atoms with Gasteiger partial charge in [-0.3, -0.25) is 4.99 Å². The van der Waals surface area contributed by atoms with Crippen LogP contribution >= 0.6 is 15.9 Å². The molecule has 23 heavy (non-hydrogen) atoms. The van der Waals surface area contributed by atoms with E-state index in [9.17, 15) is 23.1 Å². The lowest BCUT2D eigenvalue weighted by molar-refractivity contribution is -0.137. The summed E-state index contributed by atoms with van der Waals surface area (Å²) in [7, 11) is 0. The molecule has 0 atom stereocenters. The van der Waals surface area contributed by atoms with Gasteiger partial charge in [-0.25, -0.2) is 18.0 Å². The fraction of sp³-hybridized carbons (Fsp3) is 0.333. The topological polar surface area (TPSA) is 58.9 Å². The summed E-state index contributed by atoms with van der Waals surface area (Å²) < 4.78 is 45.5. The Labute approximate surface area is 139 Å². The first-order valence-corrected chi connectivity index (χ1v) is 7.77. The van der Waals surface area contributed by atoms with Crippen molar-refractivity contribution < 1.29 is 27.8 Å². The van der Waals surface area contributed by atoms with Gasteiger partial charge in [0.25, 0.3) is 0 Å². The zero-order valence-corrected chi connectivity index (χ0v) is 14.1. The molecule has 0 radical (unpaired) electrons. The van der Waals surface area contributed by atoms with Gasteiger partial charge in [-0.2, -0.15) is 0 Å². The molecule has 0 aliphatic heterocycles. The number of hydrogen-bond donors (Lipinski definition) is 1. The largest absolute Gasteiger partial charge is 0.506 e. The summed E-state index contributed by atoms with van der Waals surface area (Å²) in [5, 5.41) is 10.7. The van der Waals surface area contributed by atoms with Crippen LogP contribution in [0.2, 0.25) is 0 Å². The van der Waals surface area contributed by atoms with Crippen LogP contribution in [0.3, 0.4) is 0 Å².